The third-order valence-electron chi connectivity index (χ3n) is 5.89. The first-order valence-electron chi connectivity index (χ1n) is 9.98. The van der Waals surface area contributed by atoms with Crippen molar-refractivity contribution in [2.75, 3.05) is 19.7 Å². The van der Waals surface area contributed by atoms with Crippen molar-refractivity contribution in [2.24, 2.45) is 11.8 Å². The Bertz CT molecular complexity index is 689. The fourth-order valence-corrected chi connectivity index (χ4v) is 4.06. The van der Waals surface area contributed by atoms with Gasteiger partial charge in [-0.3, -0.25) is 4.90 Å². The molecule has 2 aromatic rings. The number of likely N-dealkylation sites (tertiary alicyclic amines) is 1. The Morgan fingerprint density at radius 3 is 2.65 bits per heavy atom. The molecule has 1 aromatic carbocycles. The van der Waals surface area contributed by atoms with E-state index in [0.29, 0.717) is 12.0 Å². The molecule has 0 N–H and O–H groups in total. The van der Waals surface area contributed by atoms with E-state index >= 15 is 0 Å². The van der Waals surface area contributed by atoms with Crippen LogP contribution in [0.1, 0.15) is 41.8 Å². The number of piperidine rings is 1. The highest BCUT2D eigenvalue weighted by molar-refractivity contribution is 5.21. The Hall–Kier alpha value is -1.65. The Balaban J connectivity index is 1.43. The molecule has 2 fully saturated rings. The van der Waals surface area contributed by atoms with Gasteiger partial charge in [-0.25, -0.2) is 0 Å². The van der Waals surface area contributed by atoms with Crippen molar-refractivity contribution in [3.63, 3.8) is 0 Å². The highest BCUT2D eigenvalue weighted by atomic mass is 16.5. The van der Waals surface area contributed by atoms with Crippen LogP contribution >= 0.6 is 0 Å². The van der Waals surface area contributed by atoms with Gasteiger partial charge in [0, 0.05) is 37.7 Å². The zero-order valence-electron chi connectivity index (χ0n) is 16.0. The minimum Gasteiger partial charge on any atom is -0.378 e. The van der Waals surface area contributed by atoms with Crippen molar-refractivity contribution >= 4 is 0 Å². The van der Waals surface area contributed by atoms with Crippen LogP contribution in [0.4, 0.5) is 0 Å². The van der Waals surface area contributed by atoms with E-state index in [2.05, 4.69) is 40.4 Å². The predicted molar refractivity (Wildman–Crippen MR) is 102 cm³/mol. The normalized spacial score (nSPS) is 24.1. The van der Waals surface area contributed by atoms with Crippen LogP contribution in [0.15, 0.2) is 34.9 Å². The Labute approximate surface area is 156 Å². The lowest BCUT2D eigenvalue weighted by Gasteiger charge is -2.38. The molecule has 4 heteroatoms. The van der Waals surface area contributed by atoms with E-state index in [1.807, 2.05) is 13.8 Å². The molecular weight excluding hydrogens is 324 g/mol. The summed E-state index contributed by atoms with van der Waals surface area (Å²) < 4.78 is 11.7. The van der Waals surface area contributed by atoms with Crippen molar-refractivity contribution in [1.29, 1.82) is 0 Å². The summed E-state index contributed by atoms with van der Waals surface area (Å²) in [4.78, 5) is 2.55. The fourth-order valence-electron chi connectivity index (χ4n) is 4.06. The van der Waals surface area contributed by atoms with Gasteiger partial charge in [0.1, 0.15) is 5.76 Å². The average Bonchev–Trinajstić information content (AvgIpc) is 3.43. The van der Waals surface area contributed by atoms with Crippen molar-refractivity contribution in [3.05, 3.63) is 52.9 Å². The second-order valence-electron chi connectivity index (χ2n) is 8.09. The summed E-state index contributed by atoms with van der Waals surface area (Å²) in [6.07, 6.45) is 5.31. The molecule has 4 rings (SSSR count). The molecule has 2 aliphatic rings. The first-order chi connectivity index (χ1) is 12.7. The number of hydrogen-bond acceptors (Lipinski definition) is 4. The molecule has 0 spiro atoms. The van der Waals surface area contributed by atoms with E-state index in [9.17, 15) is 0 Å². The third kappa shape index (κ3) is 4.36. The predicted octanol–water partition coefficient (Wildman–Crippen LogP) is 4.15. The van der Waals surface area contributed by atoms with E-state index < -0.39 is 0 Å². The smallest absolute Gasteiger partial charge is 0.138 e. The van der Waals surface area contributed by atoms with Crippen LogP contribution in [0.5, 0.6) is 0 Å². The molecule has 0 amide bonds. The van der Waals surface area contributed by atoms with Gasteiger partial charge in [0.15, 0.2) is 0 Å². The van der Waals surface area contributed by atoms with Gasteiger partial charge in [0.25, 0.3) is 0 Å². The molecule has 140 valence electrons. The van der Waals surface area contributed by atoms with Crippen molar-refractivity contribution in [1.82, 2.24) is 10.1 Å². The summed E-state index contributed by atoms with van der Waals surface area (Å²) >= 11 is 0. The maximum Gasteiger partial charge on any atom is 0.138 e. The van der Waals surface area contributed by atoms with Gasteiger partial charge in [-0.2, -0.15) is 0 Å². The number of hydrogen-bond donors (Lipinski definition) is 0. The minimum atomic E-state index is 0.386. The Morgan fingerprint density at radius 2 is 1.96 bits per heavy atom. The summed E-state index contributed by atoms with van der Waals surface area (Å²) in [5.41, 5.74) is 3.69. The topological polar surface area (TPSA) is 38.5 Å². The number of ether oxygens (including phenoxy) is 1. The second kappa shape index (κ2) is 7.93. The van der Waals surface area contributed by atoms with Crippen molar-refractivity contribution in [2.45, 2.75) is 52.2 Å². The maximum atomic E-state index is 6.37. The monoisotopic (exact) mass is 354 g/mol. The van der Waals surface area contributed by atoms with Gasteiger partial charge < -0.3 is 9.26 Å². The number of aryl methyl sites for hydroxylation is 2. The largest absolute Gasteiger partial charge is 0.378 e. The molecule has 26 heavy (non-hydrogen) atoms. The number of nitrogens with zero attached hydrogens (tertiary/aromatic N) is 2. The van der Waals surface area contributed by atoms with Crippen LogP contribution in [-0.4, -0.2) is 35.9 Å². The quantitative estimate of drug-likeness (QED) is 0.749. The standard InChI is InChI=1S/C22H30N2O2/c1-16-21(17(2)26-23-16)14-24-11-10-22(25-15-19-8-9-19)20(13-24)12-18-6-4-3-5-7-18/h3-7,19-20,22H,8-15H2,1-2H3/t20-,22-/m1/s1. The minimum absolute atomic E-state index is 0.386. The molecule has 2 atom stereocenters. The summed E-state index contributed by atoms with van der Waals surface area (Å²) in [7, 11) is 0. The van der Waals surface area contributed by atoms with Gasteiger partial charge in [-0.05, 0) is 51.0 Å². The van der Waals surface area contributed by atoms with Crippen LogP contribution in [0.3, 0.4) is 0 Å². The van der Waals surface area contributed by atoms with Gasteiger partial charge in [-0.1, -0.05) is 35.5 Å². The fraction of sp³-hybridized carbons (Fsp3) is 0.591. The first-order valence-corrected chi connectivity index (χ1v) is 9.98. The lowest BCUT2D eigenvalue weighted by Crippen LogP contribution is -2.45. The van der Waals surface area contributed by atoms with E-state index in [-0.39, 0.29) is 0 Å². The van der Waals surface area contributed by atoms with E-state index in [0.717, 1.165) is 56.5 Å². The summed E-state index contributed by atoms with van der Waals surface area (Å²) in [6, 6.07) is 10.9. The highest BCUT2D eigenvalue weighted by Crippen LogP contribution is 2.32. The highest BCUT2D eigenvalue weighted by Gasteiger charge is 2.32. The molecule has 4 nitrogen and oxygen atoms in total. The van der Waals surface area contributed by atoms with Crippen LogP contribution in [0.25, 0.3) is 0 Å². The molecule has 2 heterocycles. The molecule has 0 radical (unpaired) electrons. The zero-order chi connectivity index (χ0) is 17.9. The summed E-state index contributed by atoms with van der Waals surface area (Å²) in [5.74, 6) is 2.33. The third-order valence-corrected chi connectivity index (χ3v) is 5.89. The van der Waals surface area contributed by atoms with Crippen LogP contribution < -0.4 is 0 Å². The zero-order valence-corrected chi connectivity index (χ0v) is 16.0. The lowest BCUT2D eigenvalue weighted by atomic mass is 9.88. The van der Waals surface area contributed by atoms with Crippen molar-refractivity contribution in [3.8, 4) is 0 Å². The van der Waals surface area contributed by atoms with Crippen LogP contribution in [-0.2, 0) is 17.7 Å². The van der Waals surface area contributed by atoms with Crippen molar-refractivity contribution < 1.29 is 9.26 Å². The van der Waals surface area contributed by atoms with E-state index in [4.69, 9.17) is 9.26 Å². The molecule has 0 unspecified atom stereocenters. The molecule has 1 saturated heterocycles. The van der Waals surface area contributed by atoms with E-state index in [1.165, 1.54) is 24.0 Å². The van der Waals surface area contributed by atoms with Gasteiger partial charge in [0.05, 0.1) is 11.8 Å². The van der Waals surface area contributed by atoms with E-state index in [1.54, 1.807) is 0 Å². The SMILES string of the molecule is Cc1noc(C)c1CN1CC[C@@H](OCC2CC2)[C@H](Cc2ccccc2)C1. The van der Waals surface area contributed by atoms with Gasteiger partial charge >= 0.3 is 0 Å². The molecule has 1 aliphatic heterocycles. The molecule has 1 aromatic heterocycles. The summed E-state index contributed by atoms with van der Waals surface area (Å²) in [5, 5.41) is 4.11. The molecular formula is C22H30N2O2. The maximum absolute atomic E-state index is 6.37. The van der Waals surface area contributed by atoms with Gasteiger partial charge in [-0.15, -0.1) is 0 Å². The van der Waals surface area contributed by atoms with Crippen LogP contribution in [0, 0.1) is 25.7 Å². The second-order valence-corrected chi connectivity index (χ2v) is 8.09. The molecule has 1 aliphatic carbocycles. The van der Waals surface area contributed by atoms with Crippen LogP contribution in [0.2, 0.25) is 0 Å². The number of aromatic nitrogens is 1. The Morgan fingerprint density at radius 1 is 1.15 bits per heavy atom. The Kier molecular flexibility index (Phi) is 5.41. The molecule has 0 bridgehead atoms. The lowest BCUT2D eigenvalue weighted by molar-refractivity contribution is -0.0390. The number of benzene rings is 1. The molecule has 1 saturated carbocycles. The van der Waals surface area contributed by atoms with Gasteiger partial charge in [0.2, 0.25) is 0 Å². The average molecular weight is 354 g/mol. The first kappa shape index (κ1) is 17.7. The summed E-state index contributed by atoms with van der Waals surface area (Å²) in [6.45, 7) is 8.11. The number of rotatable bonds is 7.